The zero-order valence-corrected chi connectivity index (χ0v) is 14.4. The Labute approximate surface area is 146 Å². The van der Waals surface area contributed by atoms with Crippen LogP contribution in [-0.4, -0.2) is 9.97 Å². The quantitative estimate of drug-likeness (QED) is 0.646. The smallest absolute Gasteiger partial charge is 0.229 e. The summed E-state index contributed by atoms with van der Waals surface area (Å²) in [5, 5.41) is 7.26. The summed E-state index contributed by atoms with van der Waals surface area (Å²) in [6.45, 7) is 4.07. The Kier molecular flexibility index (Phi) is 4.96. The maximum Gasteiger partial charge on any atom is 0.229 e. The minimum Gasteiger partial charge on any atom is -0.340 e. The summed E-state index contributed by atoms with van der Waals surface area (Å²) in [5.74, 6) is 1.29. The summed E-state index contributed by atoms with van der Waals surface area (Å²) < 4.78 is 0. The number of anilines is 4. The fraction of sp³-hybridized carbons (Fsp3) is 0.158. The lowest BCUT2D eigenvalue weighted by atomic mass is 10.1. The van der Waals surface area contributed by atoms with Gasteiger partial charge < -0.3 is 10.6 Å². The van der Waals surface area contributed by atoms with Crippen LogP contribution in [0.1, 0.15) is 18.2 Å². The van der Waals surface area contributed by atoms with Gasteiger partial charge in [-0.2, -0.15) is 4.98 Å². The van der Waals surface area contributed by atoms with Crippen LogP contribution < -0.4 is 10.6 Å². The van der Waals surface area contributed by atoms with E-state index in [1.165, 1.54) is 5.56 Å². The number of para-hydroxylation sites is 1. The van der Waals surface area contributed by atoms with Crippen LogP contribution in [0.5, 0.6) is 0 Å². The van der Waals surface area contributed by atoms with Gasteiger partial charge in [0, 0.05) is 28.2 Å². The van der Waals surface area contributed by atoms with Crippen LogP contribution in [0.4, 0.5) is 23.1 Å². The van der Waals surface area contributed by atoms with Crippen molar-refractivity contribution in [2.75, 3.05) is 10.6 Å². The lowest BCUT2D eigenvalue weighted by molar-refractivity contribution is 1.09. The van der Waals surface area contributed by atoms with Crippen molar-refractivity contribution in [1.82, 2.24) is 9.97 Å². The molecule has 122 valence electrons. The molecule has 1 aromatic heterocycles. The summed E-state index contributed by atoms with van der Waals surface area (Å²) >= 11 is 6.03. The molecule has 0 aliphatic carbocycles. The van der Waals surface area contributed by atoms with Crippen LogP contribution in [0.15, 0.2) is 54.6 Å². The van der Waals surface area contributed by atoms with Crippen molar-refractivity contribution in [2.45, 2.75) is 20.3 Å². The second-order valence-electron chi connectivity index (χ2n) is 5.49. The molecule has 0 bridgehead atoms. The lowest BCUT2D eigenvalue weighted by Gasteiger charge is -2.12. The fourth-order valence-corrected chi connectivity index (χ4v) is 2.66. The number of halogens is 1. The second kappa shape index (κ2) is 7.32. The second-order valence-corrected chi connectivity index (χ2v) is 5.93. The van der Waals surface area contributed by atoms with Gasteiger partial charge in [-0.25, -0.2) is 4.98 Å². The molecule has 0 amide bonds. The Morgan fingerprint density at radius 1 is 0.958 bits per heavy atom. The van der Waals surface area contributed by atoms with Crippen LogP contribution >= 0.6 is 11.6 Å². The van der Waals surface area contributed by atoms with Crippen molar-refractivity contribution in [3.8, 4) is 0 Å². The highest BCUT2D eigenvalue weighted by atomic mass is 35.5. The summed E-state index contributed by atoms with van der Waals surface area (Å²) in [4.78, 5) is 9.03. The van der Waals surface area contributed by atoms with E-state index in [9.17, 15) is 0 Å². The molecule has 0 spiro atoms. The molecular weight excluding hydrogens is 320 g/mol. The van der Waals surface area contributed by atoms with Crippen LogP contribution in [0.25, 0.3) is 0 Å². The third-order valence-electron chi connectivity index (χ3n) is 3.60. The van der Waals surface area contributed by atoms with E-state index in [1.54, 1.807) is 0 Å². The van der Waals surface area contributed by atoms with E-state index < -0.39 is 0 Å². The van der Waals surface area contributed by atoms with Crippen LogP contribution in [0.2, 0.25) is 5.02 Å². The molecule has 0 unspecified atom stereocenters. The highest BCUT2D eigenvalue weighted by Gasteiger charge is 2.06. The maximum atomic E-state index is 6.03. The Morgan fingerprint density at radius 3 is 2.58 bits per heavy atom. The van der Waals surface area contributed by atoms with Crippen molar-refractivity contribution in [3.05, 3.63) is 70.9 Å². The number of rotatable bonds is 5. The molecule has 3 rings (SSSR count). The first-order chi connectivity index (χ1) is 11.6. The first-order valence-electron chi connectivity index (χ1n) is 7.87. The minimum atomic E-state index is 0.570. The van der Waals surface area contributed by atoms with Gasteiger partial charge >= 0.3 is 0 Å². The molecule has 0 saturated heterocycles. The third-order valence-corrected chi connectivity index (χ3v) is 3.83. The highest BCUT2D eigenvalue weighted by Crippen LogP contribution is 2.23. The van der Waals surface area contributed by atoms with Gasteiger partial charge in [-0.05, 0) is 43.2 Å². The summed E-state index contributed by atoms with van der Waals surface area (Å²) in [5.41, 5.74) is 4.03. The number of aryl methyl sites for hydroxylation is 2. The fourth-order valence-electron chi connectivity index (χ4n) is 2.47. The van der Waals surface area contributed by atoms with Crippen LogP contribution in [0, 0.1) is 6.92 Å². The van der Waals surface area contributed by atoms with Crippen molar-refractivity contribution in [1.29, 1.82) is 0 Å². The van der Waals surface area contributed by atoms with Crippen molar-refractivity contribution >= 4 is 34.7 Å². The van der Waals surface area contributed by atoms with E-state index >= 15 is 0 Å². The van der Waals surface area contributed by atoms with Gasteiger partial charge in [0.2, 0.25) is 5.95 Å². The van der Waals surface area contributed by atoms with Gasteiger partial charge in [0.1, 0.15) is 5.82 Å². The normalized spacial score (nSPS) is 10.5. The predicted molar refractivity (Wildman–Crippen MR) is 101 cm³/mol. The Balaban J connectivity index is 1.86. The van der Waals surface area contributed by atoms with E-state index in [-0.39, 0.29) is 0 Å². The molecule has 0 fully saturated rings. The van der Waals surface area contributed by atoms with Gasteiger partial charge in [-0.15, -0.1) is 0 Å². The average Bonchev–Trinajstić information content (AvgIpc) is 2.55. The molecule has 2 aromatic carbocycles. The van der Waals surface area contributed by atoms with Gasteiger partial charge in [0.15, 0.2) is 0 Å². The Morgan fingerprint density at radius 2 is 1.79 bits per heavy atom. The standard InChI is InChI=1S/C19H19ClN4/c1-3-14-7-4-5-10-17(14)23-19-21-13(2)11-18(24-19)22-16-9-6-8-15(20)12-16/h4-12H,3H2,1-2H3,(H2,21,22,23,24). The largest absolute Gasteiger partial charge is 0.340 e. The summed E-state index contributed by atoms with van der Waals surface area (Å²) in [7, 11) is 0. The minimum absolute atomic E-state index is 0.570. The third kappa shape index (κ3) is 4.03. The summed E-state index contributed by atoms with van der Waals surface area (Å²) in [6.07, 6.45) is 0.947. The molecule has 0 radical (unpaired) electrons. The average molecular weight is 339 g/mol. The number of benzene rings is 2. The van der Waals surface area contributed by atoms with Gasteiger partial charge in [0.25, 0.3) is 0 Å². The molecule has 5 heteroatoms. The number of aromatic nitrogens is 2. The van der Waals surface area contributed by atoms with E-state index in [0.717, 1.165) is 29.3 Å². The number of nitrogens with zero attached hydrogens (tertiary/aromatic N) is 2. The first-order valence-corrected chi connectivity index (χ1v) is 8.25. The number of hydrogen-bond acceptors (Lipinski definition) is 4. The SMILES string of the molecule is CCc1ccccc1Nc1nc(C)cc(Nc2cccc(Cl)c2)n1. The van der Waals surface area contributed by atoms with Gasteiger partial charge in [-0.3, -0.25) is 0 Å². The molecule has 24 heavy (non-hydrogen) atoms. The highest BCUT2D eigenvalue weighted by molar-refractivity contribution is 6.30. The van der Waals surface area contributed by atoms with E-state index in [0.29, 0.717) is 11.0 Å². The Hall–Kier alpha value is -2.59. The number of nitrogens with one attached hydrogen (secondary N) is 2. The van der Waals surface area contributed by atoms with Gasteiger partial charge in [-0.1, -0.05) is 42.8 Å². The molecule has 3 aromatic rings. The molecule has 0 aliphatic heterocycles. The zero-order chi connectivity index (χ0) is 16.9. The van der Waals surface area contributed by atoms with Crippen molar-refractivity contribution in [2.24, 2.45) is 0 Å². The van der Waals surface area contributed by atoms with E-state index in [1.807, 2.05) is 55.5 Å². The molecule has 0 saturated carbocycles. The number of hydrogen-bond donors (Lipinski definition) is 2. The van der Waals surface area contributed by atoms with Gasteiger partial charge in [0.05, 0.1) is 0 Å². The molecule has 1 heterocycles. The summed E-state index contributed by atoms with van der Waals surface area (Å²) in [6, 6.07) is 17.6. The molecule has 4 nitrogen and oxygen atoms in total. The zero-order valence-electron chi connectivity index (χ0n) is 13.7. The molecule has 0 atom stereocenters. The Bertz CT molecular complexity index is 848. The molecular formula is C19H19ClN4. The maximum absolute atomic E-state index is 6.03. The van der Waals surface area contributed by atoms with Crippen LogP contribution in [0.3, 0.4) is 0 Å². The molecule has 0 aliphatic rings. The lowest BCUT2D eigenvalue weighted by Crippen LogP contribution is -2.03. The first kappa shape index (κ1) is 16.3. The monoisotopic (exact) mass is 338 g/mol. The van der Waals surface area contributed by atoms with E-state index in [2.05, 4.69) is 33.6 Å². The topological polar surface area (TPSA) is 49.8 Å². The predicted octanol–water partition coefficient (Wildman–Crippen LogP) is 5.49. The van der Waals surface area contributed by atoms with Crippen molar-refractivity contribution in [3.63, 3.8) is 0 Å². The van der Waals surface area contributed by atoms with E-state index in [4.69, 9.17) is 11.6 Å². The van der Waals surface area contributed by atoms with Crippen molar-refractivity contribution < 1.29 is 0 Å². The van der Waals surface area contributed by atoms with Crippen LogP contribution in [-0.2, 0) is 6.42 Å². The molecule has 2 N–H and O–H groups in total.